The van der Waals surface area contributed by atoms with E-state index in [-0.39, 0.29) is 11.5 Å². The lowest BCUT2D eigenvalue weighted by Gasteiger charge is -2.38. The van der Waals surface area contributed by atoms with Gasteiger partial charge in [0.15, 0.2) is 4.67 Å². The zero-order valence-electron chi connectivity index (χ0n) is 8.83. The van der Waals surface area contributed by atoms with Crippen LogP contribution in [0.15, 0.2) is 21.2 Å². The molecule has 0 amide bonds. The van der Waals surface area contributed by atoms with E-state index in [1.807, 2.05) is 19.1 Å². The summed E-state index contributed by atoms with van der Waals surface area (Å²) in [6.07, 6.45) is 1.87. The van der Waals surface area contributed by atoms with Gasteiger partial charge in [-0.1, -0.05) is 0 Å². The van der Waals surface area contributed by atoms with Crippen molar-refractivity contribution >= 4 is 15.9 Å². The lowest BCUT2D eigenvalue weighted by molar-refractivity contribution is 0.0333. The summed E-state index contributed by atoms with van der Waals surface area (Å²) in [6, 6.07) is 4.02. The molecular weight excluding hydrogens is 258 g/mol. The van der Waals surface area contributed by atoms with Crippen molar-refractivity contribution < 1.29 is 9.15 Å². The van der Waals surface area contributed by atoms with Crippen molar-refractivity contribution in [2.24, 2.45) is 5.73 Å². The Morgan fingerprint density at radius 2 is 2.07 bits per heavy atom. The summed E-state index contributed by atoms with van der Waals surface area (Å²) in [4.78, 5) is 0. The minimum absolute atomic E-state index is 0.0513. The highest BCUT2D eigenvalue weighted by atomic mass is 79.9. The van der Waals surface area contributed by atoms with Gasteiger partial charge in [-0.2, -0.15) is 0 Å². The molecule has 1 fully saturated rings. The molecule has 84 valence electrons. The Hall–Kier alpha value is -0.320. The normalized spacial score (nSPS) is 22.6. The molecular formula is C11H16BrNO2. The predicted octanol–water partition coefficient (Wildman–Crippen LogP) is 2.44. The molecule has 1 aromatic rings. The van der Waals surface area contributed by atoms with Gasteiger partial charge in [-0.05, 0) is 47.8 Å². The van der Waals surface area contributed by atoms with Crippen molar-refractivity contribution in [1.29, 1.82) is 0 Å². The highest BCUT2D eigenvalue weighted by Crippen LogP contribution is 2.38. The first kappa shape index (κ1) is 11.2. The molecule has 2 N–H and O–H groups in total. The van der Waals surface area contributed by atoms with Crippen molar-refractivity contribution in [3.63, 3.8) is 0 Å². The second kappa shape index (κ2) is 4.28. The summed E-state index contributed by atoms with van der Waals surface area (Å²) < 4.78 is 11.8. The quantitative estimate of drug-likeness (QED) is 0.901. The molecule has 0 aromatic carbocycles. The van der Waals surface area contributed by atoms with Crippen LogP contribution in [0.25, 0.3) is 0 Å². The summed E-state index contributed by atoms with van der Waals surface area (Å²) in [5.41, 5.74) is 6.06. The molecule has 0 bridgehead atoms. The molecule has 0 spiro atoms. The Balaban J connectivity index is 2.33. The number of hydrogen-bond donors (Lipinski definition) is 1. The van der Waals surface area contributed by atoms with Crippen LogP contribution < -0.4 is 5.73 Å². The predicted molar refractivity (Wildman–Crippen MR) is 61.8 cm³/mol. The molecule has 1 aliphatic heterocycles. The molecule has 4 heteroatoms. The first-order valence-corrected chi connectivity index (χ1v) is 6.03. The minimum Gasteiger partial charge on any atom is -0.454 e. The van der Waals surface area contributed by atoms with Gasteiger partial charge in [0.1, 0.15) is 5.76 Å². The molecule has 1 saturated heterocycles. The summed E-state index contributed by atoms with van der Waals surface area (Å²) in [6.45, 7) is 3.57. The highest BCUT2D eigenvalue weighted by molar-refractivity contribution is 9.10. The Morgan fingerprint density at radius 1 is 1.40 bits per heavy atom. The van der Waals surface area contributed by atoms with Gasteiger partial charge in [-0.15, -0.1) is 0 Å². The minimum atomic E-state index is -0.0513. The SMILES string of the molecule is CC(N)C1(c2ccc(Br)o2)CCOCC1. The average molecular weight is 274 g/mol. The van der Waals surface area contributed by atoms with Crippen LogP contribution in [0.3, 0.4) is 0 Å². The van der Waals surface area contributed by atoms with Crippen LogP contribution in [-0.2, 0) is 10.2 Å². The van der Waals surface area contributed by atoms with Crippen LogP contribution in [0.2, 0.25) is 0 Å². The number of ether oxygens (including phenoxy) is 1. The van der Waals surface area contributed by atoms with Crippen LogP contribution >= 0.6 is 15.9 Å². The average Bonchev–Trinajstić information content (AvgIpc) is 2.66. The van der Waals surface area contributed by atoms with E-state index in [1.54, 1.807) is 0 Å². The van der Waals surface area contributed by atoms with E-state index >= 15 is 0 Å². The van der Waals surface area contributed by atoms with Crippen molar-refractivity contribution in [2.75, 3.05) is 13.2 Å². The number of halogens is 1. The number of hydrogen-bond acceptors (Lipinski definition) is 3. The fraction of sp³-hybridized carbons (Fsp3) is 0.636. The Morgan fingerprint density at radius 3 is 2.53 bits per heavy atom. The first-order chi connectivity index (χ1) is 7.15. The van der Waals surface area contributed by atoms with Crippen molar-refractivity contribution in [2.45, 2.75) is 31.2 Å². The molecule has 15 heavy (non-hydrogen) atoms. The van der Waals surface area contributed by atoms with Gasteiger partial charge in [0, 0.05) is 24.7 Å². The van der Waals surface area contributed by atoms with Crippen LogP contribution in [0.4, 0.5) is 0 Å². The van der Waals surface area contributed by atoms with Gasteiger partial charge in [0.05, 0.1) is 0 Å². The largest absolute Gasteiger partial charge is 0.454 e. The molecule has 1 aromatic heterocycles. The third-order valence-electron chi connectivity index (χ3n) is 3.32. The van der Waals surface area contributed by atoms with E-state index < -0.39 is 0 Å². The lowest BCUT2D eigenvalue weighted by atomic mass is 9.73. The number of rotatable bonds is 2. The van der Waals surface area contributed by atoms with E-state index in [0.717, 1.165) is 36.5 Å². The molecule has 1 unspecified atom stereocenters. The molecule has 1 aliphatic rings. The Kier molecular flexibility index (Phi) is 3.19. The van der Waals surface area contributed by atoms with Gasteiger partial charge in [0.2, 0.25) is 0 Å². The highest BCUT2D eigenvalue weighted by Gasteiger charge is 2.40. The second-order valence-electron chi connectivity index (χ2n) is 4.16. The smallest absolute Gasteiger partial charge is 0.169 e. The maximum Gasteiger partial charge on any atom is 0.169 e. The molecule has 2 heterocycles. The monoisotopic (exact) mass is 273 g/mol. The summed E-state index contributed by atoms with van der Waals surface area (Å²) in [5.74, 6) is 0.979. The van der Waals surface area contributed by atoms with E-state index in [0.29, 0.717) is 0 Å². The zero-order valence-corrected chi connectivity index (χ0v) is 10.4. The van der Waals surface area contributed by atoms with Crippen molar-refractivity contribution in [3.8, 4) is 0 Å². The van der Waals surface area contributed by atoms with E-state index in [2.05, 4.69) is 15.9 Å². The van der Waals surface area contributed by atoms with Gasteiger partial charge >= 0.3 is 0 Å². The standard InChI is InChI=1S/C11H16BrNO2/c1-8(13)11(4-6-14-7-5-11)9-2-3-10(12)15-9/h2-3,8H,4-7,13H2,1H3. The first-order valence-electron chi connectivity index (χ1n) is 5.24. The molecule has 0 aliphatic carbocycles. The van der Waals surface area contributed by atoms with E-state index in [1.165, 1.54) is 0 Å². The van der Waals surface area contributed by atoms with Crippen molar-refractivity contribution in [3.05, 3.63) is 22.6 Å². The van der Waals surface area contributed by atoms with Crippen LogP contribution in [0.5, 0.6) is 0 Å². The second-order valence-corrected chi connectivity index (χ2v) is 4.94. The topological polar surface area (TPSA) is 48.4 Å². The van der Waals surface area contributed by atoms with Gasteiger partial charge in [-0.3, -0.25) is 0 Å². The Bertz CT molecular complexity index is 329. The van der Waals surface area contributed by atoms with Crippen LogP contribution in [0, 0.1) is 0 Å². The fourth-order valence-corrected chi connectivity index (χ4v) is 2.55. The Labute approximate surface area is 98.1 Å². The molecule has 2 rings (SSSR count). The summed E-state index contributed by atoms with van der Waals surface area (Å²) in [5, 5.41) is 0. The van der Waals surface area contributed by atoms with Crippen molar-refractivity contribution in [1.82, 2.24) is 0 Å². The van der Waals surface area contributed by atoms with Crippen LogP contribution in [0.1, 0.15) is 25.5 Å². The van der Waals surface area contributed by atoms with Gasteiger partial charge in [-0.25, -0.2) is 0 Å². The molecule has 0 saturated carbocycles. The third-order valence-corrected chi connectivity index (χ3v) is 3.75. The molecule has 1 atom stereocenters. The zero-order chi connectivity index (χ0) is 10.9. The molecule has 0 radical (unpaired) electrons. The summed E-state index contributed by atoms with van der Waals surface area (Å²) >= 11 is 3.33. The van der Waals surface area contributed by atoms with Gasteiger partial charge < -0.3 is 14.9 Å². The summed E-state index contributed by atoms with van der Waals surface area (Å²) in [7, 11) is 0. The van der Waals surface area contributed by atoms with E-state index in [4.69, 9.17) is 14.9 Å². The molecule has 3 nitrogen and oxygen atoms in total. The van der Waals surface area contributed by atoms with Gasteiger partial charge in [0.25, 0.3) is 0 Å². The third kappa shape index (κ3) is 1.98. The maximum absolute atomic E-state index is 6.11. The number of nitrogens with two attached hydrogens (primary N) is 1. The lowest BCUT2D eigenvalue weighted by Crippen LogP contribution is -2.47. The van der Waals surface area contributed by atoms with E-state index in [9.17, 15) is 0 Å². The maximum atomic E-state index is 6.11. The van der Waals surface area contributed by atoms with Crippen LogP contribution in [-0.4, -0.2) is 19.3 Å². The fourth-order valence-electron chi connectivity index (χ4n) is 2.24. The number of furan rings is 1.